The molecule has 1 N–H and O–H groups in total. The van der Waals surface area contributed by atoms with Crippen molar-refractivity contribution in [3.05, 3.63) is 63.1 Å². The number of carbonyl (C=O) groups is 1. The van der Waals surface area contributed by atoms with Crippen molar-refractivity contribution in [1.82, 2.24) is 19.2 Å². The molecule has 31 heavy (non-hydrogen) atoms. The van der Waals surface area contributed by atoms with Gasteiger partial charge in [0.05, 0.1) is 24.0 Å². The number of fused-ring (bicyclic) bond motifs is 1. The standard InChI is InChI=1S/C21H25FN4O4S/c1-2-31(29,30)25-12-10-16-17(13-25)23-19(24-20(16)27)18-5-3-4-11-26(18)21(28)14-6-8-15(22)9-7-14/h6-9,18H,2-5,10-13H2,1H3,(H,23,24,27)/t18-/m1/s1. The second-order valence-electron chi connectivity index (χ2n) is 7.88. The molecule has 1 amide bonds. The summed E-state index contributed by atoms with van der Waals surface area (Å²) >= 11 is 0. The van der Waals surface area contributed by atoms with Crippen LogP contribution in [0.5, 0.6) is 0 Å². The van der Waals surface area contributed by atoms with Crippen LogP contribution in [-0.4, -0.2) is 52.3 Å². The van der Waals surface area contributed by atoms with Crippen molar-refractivity contribution < 1.29 is 17.6 Å². The van der Waals surface area contributed by atoms with Crippen LogP contribution in [0.25, 0.3) is 0 Å². The molecule has 0 unspecified atom stereocenters. The van der Waals surface area contributed by atoms with Gasteiger partial charge in [0.25, 0.3) is 11.5 Å². The fourth-order valence-corrected chi connectivity index (χ4v) is 5.28. The number of aromatic amines is 1. The number of nitrogens with one attached hydrogen (secondary N) is 1. The SMILES string of the molecule is CCS(=O)(=O)N1CCc2c(nc([C@H]3CCCCN3C(=O)c3ccc(F)cc3)[nH]c2=O)C1. The molecule has 8 nitrogen and oxygen atoms in total. The van der Waals surface area contributed by atoms with E-state index in [0.717, 1.165) is 12.8 Å². The van der Waals surface area contributed by atoms with Gasteiger partial charge in [0.2, 0.25) is 10.0 Å². The first kappa shape index (κ1) is 21.6. The molecule has 0 aliphatic carbocycles. The third-order valence-corrected chi connectivity index (χ3v) is 7.81. The van der Waals surface area contributed by atoms with Crippen molar-refractivity contribution in [3.8, 4) is 0 Å². The first-order valence-electron chi connectivity index (χ1n) is 10.5. The van der Waals surface area contributed by atoms with Crippen molar-refractivity contribution in [1.29, 1.82) is 0 Å². The number of carbonyl (C=O) groups excluding carboxylic acids is 1. The minimum Gasteiger partial charge on any atom is -0.328 e. The molecule has 2 aliphatic rings. The van der Waals surface area contributed by atoms with Crippen LogP contribution in [-0.2, 0) is 23.0 Å². The van der Waals surface area contributed by atoms with Crippen LogP contribution in [0.15, 0.2) is 29.1 Å². The van der Waals surface area contributed by atoms with Crippen molar-refractivity contribution in [2.45, 2.75) is 45.2 Å². The van der Waals surface area contributed by atoms with Crippen LogP contribution in [0.3, 0.4) is 0 Å². The van der Waals surface area contributed by atoms with Gasteiger partial charge in [-0.05, 0) is 56.9 Å². The number of H-pyrrole nitrogens is 1. The highest BCUT2D eigenvalue weighted by molar-refractivity contribution is 7.89. The minimum atomic E-state index is -3.39. The lowest BCUT2D eigenvalue weighted by Gasteiger charge is -2.36. The third-order valence-electron chi connectivity index (χ3n) is 5.99. The quantitative estimate of drug-likeness (QED) is 0.770. The Kier molecular flexibility index (Phi) is 5.94. The Morgan fingerprint density at radius 1 is 1.23 bits per heavy atom. The minimum absolute atomic E-state index is 0.0129. The zero-order chi connectivity index (χ0) is 22.2. The van der Waals surface area contributed by atoms with Crippen LogP contribution in [0.4, 0.5) is 4.39 Å². The van der Waals surface area contributed by atoms with Gasteiger partial charge in [-0.15, -0.1) is 0 Å². The number of likely N-dealkylation sites (tertiary alicyclic amines) is 1. The summed E-state index contributed by atoms with van der Waals surface area (Å²) in [5, 5.41) is 0. The maximum Gasteiger partial charge on any atom is 0.254 e. The van der Waals surface area contributed by atoms with Crippen molar-refractivity contribution in [3.63, 3.8) is 0 Å². The Morgan fingerprint density at radius 3 is 2.68 bits per heavy atom. The van der Waals surface area contributed by atoms with Crippen molar-refractivity contribution >= 4 is 15.9 Å². The molecule has 10 heteroatoms. The second-order valence-corrected chi connectivity index (χ2v) is 10.1. The molecule has 0 bridgehead atoms. The summed E-state index contributed by atoms with van der Waals surface area (Å²) in [5.41, 5.74) is 1.03. The molecular formula is C21H25FN4O4S. The molecule has 1 aromatic carbocycles. The number of amides is 1. The lowest BCUT2D eigenvalue weighted by atomic mass is 9.99. The Hall–Kier alpha value is -2.59. The molecular weight excluding hydrogens is 423 g/mol. The number of sulfonamides is 1. The Morgan fingerprint density at radius 2 is 1.97 bits per heavy atom. The largest absolute Gasteiger partial charge is 0.328 e. The van der Waals surface area contributed by atoms with Gasteiger partial charge in [0.15, 0.2) is 0 Å². The van der Waals surface area contributed by atoms with Crippen LogP contribution >= 0.6 is 0 Å². The van der Waals surface area contributed by atoms with Gasteiger partial charge in [-0.1, -0.05) is 0 Å². The molecule has 0 saturated carbocycles. The number of rotatable bonds is 4. The molecule has 0 radical (unpaired) electrons. The van der Waals surface area contributed by atoms with Crippen LogP contribution in [0.2, 0.25) is 0 Å². The maximum atomic E-state index is 13.3. The summed E-state index contributed by atoms with van der Waals surface area (Å²) in [4.78, 5) is 34.9. The molecule has 1 saturated heterocycles. The van der Waals surface area contributed by atoms with Gasteiger partial charge in [-0.25, -0.2) is 17.8 Å². The number of piperidine rings is 1. The zero-order valence-electron chi connectivity index (χ0n) is 17.3. The Balaban J connectivity index is 1.67. The van der Waals surface area contributed by atoms with Crippen LogP contribution in [0.1, 0.15) is 59.7 Å². The summed E-state index contributed by atoms with van der Waals surface area (Å²) in [6.07, 6.45) is 2.63. The average molecular weight is 449 g/mol. The zero-order valence-corrected chi connectivity index (χ0v) is 18.1. The highest BCUT2D eigenvalue weighted by Crippen LogP contribution is 2.31. The lowest BCUT2D eigenvalue weighted by molar-refractivity contribution is 0.0598. The van der Waals surface area contributed by atoms with Gasteiger partial charge in [-0.3, -0.25) is 9.59 Å². The van der Waals surface area contributed by atoms with Gasteiger partial charge in [-0.2, -0.15) is 4.31 Å². The van der Waals surface area contributed by atoms with E-state index in [1.165, 1.54) is 28.6 Å². The summed E-state index contributed by atoms with van der Waals surface area (Å²) in [5.74, 6) is -0.310. The Labute approximate surface area is 180 Å². The molecule has 1 aromatic heterocycles. The van der Waals surface area contributed by atoms with E-state index in [0.29, 0.717) is 42.0 Å². The molecule has 0 spiro atoms. The monoisotopic (exact) mass is 448 g/mol. The summed E-state index contributed by atoms with van der Waals surface area (Å²) < 4.78 is 39.2. The van der Waals surface area contributed by atoms with E-state index in [9.17, 15) is 22.4 Å². The predicted octanol–water partition coefficient (Wildman–Crippen LogP) is 1.98. The van der Waals surface area contributed by atoms with E-state index >= 15 is 0 Å². The number of halogens is 1. The fourth-order valence-electron chi connectivity index (χ4n) is 4.23. The smallest absolute Gasteiger partial charge is 0.254 e. The van der Waals surface area contributed by atoms with Crippen LogP contribution < -0.4 is 5.56 Å². The number of hydrogen-bond donors (Lipinski definition) is 1. The molecule has 2 aromatic rings. The maximum absolute atomic E-state index is 13.3. The van der Waals surface area contributed by atoms with Gasteiger partial charge in [0.1, 0.15) is 11.6 Å². The van der Waals surface area contributed by atoms with E-state index in [1.807, 2.05) is 0 Å². The predicted molar refractivity (Wildman–Crippen MR) is 112 cm³/mol. The second kappa shape index (κ2) is 8.51. The first-order valence-corrected chi connectivity index (χ1v) is 12.1. The third kappa shape index (κ3) is 4.27. The molecule has 166 valence electrons. The lowest BCUT2D eigenvalue weighted by Crippen LogP contribution is -2.42. The van der Waals surface area contributed by atoms with Gasteiger partial charge < -0.3 is 9.88 Å². The van der Waals surface area contributed by atoms with E-state index in [1.54, 1.807) is 11.8 Å². The topological polar surface area (TPSA) is 103 Å². The highest BCUT2D eigenvalue weighted by Gasteiger charge is 2.33. The van der Waals surface area contributed by atoms with Gasteiger partial charge in [0, 0.05) is 24.2 Å². The van der Waals surface area contributed by atoms with Crippen molar-refractivity contribution in [2.24, 2.45) is 0 Å². The summed E-state index contributed by atoms with van der Waals surface area (Å²) in [6, 6.07) is 4.95. The van der Waals surface area contributed by atoms with Crippen molar-refractivity contribution in [2.75, 3.05) is 18.8 Å². The number of benzene rings is 1. The van der Waals surface area contributed by atoms with Crippen LogP contribution in [0, 0.1) is 5.82 Å². The fraction of sp³-hybridized carbons (Fsp3) is 0.476. The summed E-state index contributed by atoms with van der Waals surface area (Å²) in [6.45, 7) is 2.40. The number of nitrogens with zero attached hydrogens (tertiary/aromatic N) is 3. The first-order chi connectivity index (χ1) is 14.8. The van der Waals surface area contributed by atoms with Gasteiger partial charge >= 0.3 is 0 Å². The summed E-state index contributed by atoms with van der Waals surface area (Å²) in [7, 11) is -3.39. The molecule has 3 heterocycles. The number of hydrogen-bond acceptors (Lipinski definition) is 5. The Bertz CT molecular complexity index is 1150. The molecule has 1 fully saturated rings. The average Bonchev–Trinajstić information content (AvgIpc) is 2.78. The van der Waals surface area contributed by atoms with E-state index in [4.69, 9.17) is 0 Å². The van der Waals surface area contributed by atoms with E-state index < -0.39 is 21.9 Å². The normalized spacial score (nSPS) is 19.8. The van der Waals surface area contributed by atoms with E-state index in [2.05, 4.69) is 9.97 Å². The molecule has 2 aliphatic heterocycles. The molecule has 1 atom stereocenters. The number of aromatic nitrogens is 2. The highest BCUT2D eigenvalue weighted by atomic mass is 32.2. The molecule has 4 rings (SSSR count). The van der Waals surface area contributed by atoms with E-state index in [-0.39, 0.29) is 30.3 Å².